The lowest BCUT2D eigenvalue weighted by atomic mass is 9.48. The summed E-state index contributed by atoms with van der Waals surface area (Å²) >= 11 is 0. The van der Waals surface area contributed by atoms with Crippen molar-refractivity contribution in [1.82, 2.24) is 15.1 Å². The molecule has 8 nitrogen and oxygen atoms in total. The van der Waals surface area contributed by atoms with Crippen LogP contribution in [0.15, 0.2) is 24.3 Å². The molecule has 2 saturated heterocycles. The Kier molecular flexibility index (Phi) is 6.07. The van der Waals surface area contributed by atoms with Crippen molar-refractivity contribution in [3.05, 3.63) is 29.8 Å². The molecular weight excluding hydrogens is 454 g/mol. The van der Waals surface area contributed by atoms with Crippen molar-refractivity contribution < 1.29 is 14.7 Å². The van der Waals surface area contributed by atoms with E-state index in [1.807, 2.05) is 34.1 Å². The highest BCUT2D eigenvalue weighted by Crippen LogP contribution is 2.60. The van der Waals surface area contributed by atoms with Gasteiger partial charge in [-0.3, -0.25) is 4.79 Å². The highest BCUT2D eigenvalue weighted by Gasteiger charge is 2.58. The van der Waals surface area contributed by atoms with Crippen molar-refractivity contribution in [3.63, 3.8) is 0 Å². The summed E-state index contributed by atoms with van der Waals surface area (Å²) in [4.78, 5) is 32.9. The van der Waals surface area contributed by atoms with E-state index in [1.54, 1.807) is 0 Å². The van der Waals surface area contributed by atoms with E-state index in [2.05, 4.69) is 16.3 Å². The van der Waals surface area contributed by atoms with E-state index in [9.17, 15) is 20.0 Å². The summed E-state index contributed by atoms with van der Waals surface area (Å²) < 4.78 is 0. The fraction of sp³-hybridized carbons (Fsp3) is 0.679. The number of hydrogen-bond acceptors (Lipinski definition) is 5. The minimum Gasteiger partial charge on any atom is -0.393 e. The SMILES string of the molecule is N#Cc1ccccc1N1CCN(C(=O)N2CCC[C@H](NC(=O)C34CC5CC(C3)C(O)[C@H](C5)C4)C2)CC1. The molecule has 2 N–H and O–H groups in total. The number of carbonyl (C=O) groups is 2. The standard InChI is InChI=1S/C28H37N5O3/c29-17-20-4-1-2-6-24(20)31-8-10-32(11-9-31)27(36)33-7-3-5-23(18-33)30-26(35)28-14-19-12-21(15-28)25(34)22(13-19)16-28/h1-2,4,6,19,21-23,25,34H,3,5,7-16,18H2,(H,30,35)/t19?,21-,22?,23+,25?,28?/m1/s1. The third kappa shape index (κ3) is 4.11. The second-order valence-electron chi connectivity index (χ2n) is 11.9. The van der Waals surface area contributed by atoms with E-state index < -0.39 is 0 Å². The second kappa shape index (κ2) is 9.26. The van der Waals surface area contributed by atoms with Gasteiger partial charge in [0.05, 0.1) is 22.8 Å². The maximum atomic E-state index is 13.5. The van der Waals surface area contributed by atoms with Crippen molar-refractivity contribution in [1.29, 1.82) is 5.26 Å². The largest absolute Gasteiger partial charge is 0.393 e. The summed E-state index contributed by atoms with van der Waals surface area (Å²) in [5.74, 6) is 1.31. The Bertz CT molecular complexity index is 1050. The molecule has 6 fully saturated rings. The minimum absolute atomic E-state index is 0.00285. The van der Waals surface area contributed by atoms with Crippen LogP contribution in [0.4, 0.5) is 10.5 Å². The van der Waals surface area contributed by atoms with Crippen molar-refractivity contribution in [2.24, 2.45) is 23.2 Å². The van der Waals surface area contributed by atoms with Crippen LogP contribution < -0.4 is 10.2 Å². The first-order chi connectivity index (χ1) is 17.5. The Hall–Kier alpha value is -2.79. The third-order valence-corrected chi connectivity index (χ3v) is 9.65. The van der Waals surface area contributed by atoms with E-state index in [0.717, 1.165) is 57.2 Å². The molecule has 8 heteroatoms. The average Bonchev–Trinajstić information content (AvgIpc) is 2.91. The predicted molar refractivity (Wildman–Crippen MR) is 135 cm³/mol. The normalized spacial score (nSPS) is 35.4. The topological polar surface area (TPSA) is 99.9 Å². The molecule has 4 unspecified atom stereocenters. The first-order valence-electron chi connectivity index (χ1n) is 13.7. The number of hydrogen-bond donors (Lipinski definition) is 2. The van der Waals surface area contributed by atoms with Crippen LogP contribution in [0.25, 0.3) is 0 Å². The van der Waals surface area contributed by atoms with E-state index in [4.69, 9.17) is 0 Å². The number of aliphatic hydroxyl groups excluding tert-OH is 1. The van der Waals surface area contributed by atoms with Crippen LogP contribution in [0, 0.1) is 34.5 Å². The summed E-state index contributed by atoms with van der Waals surface area (Å²) in [5.41, 5.74) is 1.29. The van der Waals surface area contributed by atoms with Crippen LogP contribution in [0.5, 0.6) is 0 Å². The van der Waals surface area contributed by atoms with Crippen LogP contribution in [0.3, 0.4) is 0 Å². The van der Waals surface area contributed by atoms with Gasteiger partial charge in [-0.2, -0.15) is 5.26 Å². The molecule has 4 bridgehead atoms. The number of likely N-dealkylation sites (tertiary alicyclic amines) is 1. The van der Waals surface area contributed by atoms with Crippen LogP contribution in [0.1, 0.15) is 50.5 Å². The molecular formula is C28H37N5O3. The second-order valence-corrected chi connectivity index (χ2v) is 11.9. The number of amides is 3. The number of nitrogens with one attached hydrogen (secondary N) is 1. The number of piperazine rings is 1. The maximum absolute atomic E-state index is 13.5. The lowest BCUT2D eigenvalue weighted by Crippen LogP contribution is -2.61. The Labute approximate surface area is 213 Å². The molecule has 2 heterocycles. The summed E-state index contributed by atoms with van der Waals surface area (Å²) in [6.07, 6.45) is 6.34. The molecule has 6 atom stereocenters. The first kappa shape index (κ1) is 23.6. The number of anilines is 1. The monoisotopic (exact) mass is 491 g/mol. The zero-order valence-corrected chi connectivity index (χ0v) is 20.9. The van der Waals surface area contributed by atoms with Gasteiger partial charge in [-0.1, -0.05) is 12.1 Å². The number of nitriles is 1. The molecule has 36 heavy (non-hydrogen) atoms. The molecule has 7 rings (SSSR count). The number of aliphatic hydroxyl groups is 1. The Morgan fingerprint density at radius 3 is 2.44 bits per heavy atom. The molecule has 0 radical (unpaired) electrons. The number of rotatable bonds is 3. The van der Waals surface area contributed by atoms with Crippen LogP contribution in [-0.4, -0.2) is 78.3 Å². The summed E-state index contributed by atoms with van der Waals surface area (Å²) in [5, 5.41) is 23.3. The average molecular weight is 492 g/mol. The van der Waals surface area contributed by atoms with Crippen molar-refractivity contribution in [2.45, 2.75) is 57.1 Å². The molecule has 4 saturated carbocycles. The number of para-hydroxylation sites is 1. The first-order valence-corrected chi connectivity index (χ1v) is 13.7. The van der Waals surface area contributed by atoms with Gasteiger partial charge in [-0.15, -0.1) is 0 Å². The quantitative estimate of drug-likeness (QED) is 0.677. The van der Waals surface area contributed by atoms with E-state index in [0.29, 0.717) is 44.2 Å². The summed E-state index contributed by atoms with van der Waals surface area (Å²) in [7, 11) is 0. The van der Waals surface area contributed by atoms with Gasteiger partial charge in [-0.05, 0) is 74.8 Å². The Balaban J connectivity index is 1.04. The van der Waals surface area contributed by atoms with Crippen LogP contribution >= 0.6 is 0 Å². The van der Waals surface area contributed by atoms with Crippen molar-refractivity contribution >= 4 is 17.6 Å². The Morgan fingerprint density at radius 2 is 1.72 bits per heavy atom. The zero-order valence-electron chi connectivity index (χ0n) is 20.9. The molecule has 4 aliphatic carbocycles. The van der Waals surface area contributed by atoms with Gasteiger partial charge >= 0.3 is 6.03 Å². The number of carbonyl (C=O) groups excluding carboxylic acids is 2. The number of nitrogens with zero attached hydrogens (tertiary/aromatic N) is 4. The van der Waals surface area contributed by atoms with Crippen molar-refractivity contribution in [3.8, 4) is 6.07 Å². The molecule has 1 aromatic rings. The highest BCUT2D eigenvalue weighted by molar-refractivity contribution is 5.83. The van der Waals surface area contributed by atoms with Gasteiger partial charge < -0.3 is 25.1 Å². The van der Waals surface area contributed by atoms with Crippen LogP contribution in [0.2, 0.25) is 0 Å². The van der Waals surface area contributed by atoms with Crippen LogP contribution in [-0.2, 0) is 4.79 Å². The Morgan fingerprint density at radius 1 is 1.00 bits per heavy atom. The molecule has 0 aromatic heterocycles. The molecule has 3 amide bonds. The zero-order chi connectivity index (χ0) is 24.9. The molecule has 192 valence electrons. The number of urea groups is 1. The number of piperidine rings is 1. The van der Waals surface area contributed by atoms with Gasteiger partial charge in [0.15, 0.2) is 0 Å². The highest BCUT2D eigenvalue weighted by atomic mass is 16.3. The lowest BCUT2D eigenvalue weighted by Gasteiger charge is -2.58. The smallest absolute Gasteiger partial charge is 0.320 e. The van der Waals surface area contributed by atoms with Gasteiger partial charge in [0.1, 0.15) is 6.07 Å². The van der Waals surface area contributed by atoms with Crippen molar-refractivity contribution in [2.75, 3.05) is 44.2 Å². The predicted octanol–water partition coefficient (Wildman–Crippen LogP) is 2.57. The maximum Gasteiger partial charge on any atom is 0.320 e. The fourth-order valence-electron chi connectivity index (χ4n) is 8.07. The van der Waals surface area contributed by atoms with Gasteiger partial charge in [0.2, 0.25) is 5.91 Å². The van der Waals surface area contributed by atoms with Gasteiger partial charge in [0, 0.05) is 45.3 Å². The summed E-state index contributed by atoms with van der Waals surface area (Å²) in [6, 6.07) is 9.94. The van der Waals surface area contributed by atoms with E-state index in [-0.39, 0.29) is 41.3 Å². The van der Waals surface area contributed by atoms with Gasteiger partial charge in [0.25, 0.3) is 0 Å². The van der Waals surface area contributed by atoms with Gasteiger partial charge in [-0.25, -0.2) is 4.79 Å². The van der Waals surface area contributed by atoms with E-state index >= 15 is 0 Å². The van der Waals surface area contributed by atoms with E-state index in [1.165, 1.54) is 0 Å². The fourth-order valence-corrected chi connectivity index (χ4v) is 8.07. The molecule has 1 aromatic carbocycles. The molecule has 0 spiro atoms. The third-order valence-electron chi connectivity index (χ3n) is 9.65. The lowest BCUT2D eigenvalue weighted by molar-refractivity contribution is -0.163. The molecule has 2 aliphatic heterocycles. The minimum atomic E-state index is -0.307. The summed E-state index contributed by atoms with van der Waals surface area (Å²) in [6.45, 7) is 3.96. The molecule has 6 aliphatic rings. The number of benzene rings is 1.